The van der Waals surface area contributed by atoms with Crippen molar-refractivity contribution in [3.63, 3.8) is 0 Å². The number of carbonyl (C=O) groups excluding carboxylic acids is 3. The molecule has 4 N–H and O–H groups in total. The number of nitrogens with zero attached hydrogens (tertiary/aromatic N) is 2. The van der Waals surface area contributed by atoms with E-state index in [9.17, 15) is 14.4 Å². The van der Waals surface area contributed by atoms with Crippen LogP contribution in [0.4, 0.5) is 4.79 Å². The van der Waals surface area contributed by atoms with E-state index < -0.39 is 17.8 Å². The minimum atomic E-state index is -0.679. The van der Waals surface area contributed by atoms with Crippen LogP contribution in [0.3, 0.4) is 0 Å². The predicted molar refractivity (Wildman–Crippen MR) is 58.3 cm³/mol. The fraction of sp³-hybridized carbons (Fsp3) is 0.667. The molecule has 0 unspecified atom stereocenters. The van der Waals surface area contributed by atoms with Crippen LogP contribution in [0.15, 0.2) is 0 Å². The van der Waals surface area contributed by atoms with Crippen molar-refractivity contribution in [1.82, 2.24) is 9.80 Å². The second-order valence-electron chi connectivity index (χ2n) is 3.24. The lowest BCUT2D eigenvalue weighted by Gasteiger charge is -2.27. The fourth-order valence-corrected chi connectivity index (χ4v) is 1.26. The largest absolute Gasteiger partial charge is 0.368 e. The maximum atomic E-state index is 11.8. The van der Waals surface area contributed by atoms with E-state index in [4.69, 9.17) is 11.5 Å². The number of primary amides is 2. The summed E-state index contributed by atoms with van der Waals surface area (Å²) < 4.78 is 0. The Morgan fingerprint density at radius 1 is 0.875 bits per heavy atom. The summed E-state index contributed by atoms with van der Waals surface area (Å²) in [5, 5.41) is 0. The Hall–Kier alpha value is -1.79. The van der Waals surface area contributed by atoms with E-state index in [2.05, 4.69) is 0 Å². The van der Waals surface area contributed by atoms with Crippen LogP contribution in [0, 0.1) is 0 Å². The molecule has 0 heterocycles. The lowest BCUT2D eigenvalue weighted by molar-refractivity contribution is -0.121. The first-order chi connectivity index (χ1) is 7.42. The van der Waals surface area contributed by atoms with Gasteiger partial charge in [0.1, 0.15) is 13.1 Å². The number of nitrogens with two attached hydrogens (primary N) is 2. The first-order valence-electron chi connectivity index (χ1n) is 5.02. The van der Waals surface area contributed by atoms with E-state index >= 15 is 0 Å². The van der Waals surface area contributed by atoms with Crippen molar-refractivity contribution in [3.8, 4) is 0 Å². The third-order valence-electron chi connectivity index (χ3n) is 2.00. The molecular formula is C9H18N4O3. The molecule has 0 atom stereocenters. The summed E-state index contributed by atoms with van der Waals surface area (Å²) in [4.78, 5) is 35.8. The zero-order valence-corrected chi connectivity index (χ0v) is 9.60. The van der Waals surface area contributed by atoms with Gasteiger partial charge in [0.15, 0.2) is 0 Å². The standard InChI is InChI=1S/C9H18N4O3/c1-3-12(4-2)9(16)13(5-7(10)14)6-8(11)15/h3-6H2,1-2H3,(H2,10,14)(H2,11,15). The number of urea groups is 1. The molecule has 16 heavy (non-hydrogen) atoms. The van der Waals surface area contributed by atoms with Crippen LogP contribution >= 0.6 is 0 Å². The van der Waals surface area contributed by atoms with Gasteiger partial charge in [-0.1, -0.05) is 0 Å². The SMILES string of the molecule is CCN(CC)C(=O)N(CC(N)=O)CC(N)=O. The Morgan fingerprint density at radius 3 is 1.50 bits per heavy atom. The molecular weight excluding hydrogens is 212 g/mol. The van der Waals surface area contributed by atoms with Gasteiger partial charge in [-0.2, -0.15) is 0 Å². The molecule has 0 aromatic rings. The van der Waals surface area contributed by atoms with Gasteiger partial charge in [0, 0.05) is 13.1 Å². The van der Waals surface area contributed by atoms with Crippen LogP contribution in [0.25, 0.3) is 0 Å². The van der Waals surface area contributed by atoms with Crippen molar-refractivity contribution < 1.29 is 14.4 Å². The van der Waals surface area contributed by atoms with Gasteiger partial charge >= 0.3 is 6.03 Å². The molecule has 0 saturated carbocycles. The molecule has 0 radical (unpaired) electrons. The molecule has 0 spiro atoms. The second-order valence-corrected chi connectivity index (χ2v) is 3.24. The van der Waals surface area contributed by atoms with Crippen LogP contribution in [-0.4, -0.2) is 53.8 Å². The minimum absolute atomic E-state index is 0.307. The Labute approximate surface area is 94.3 Å². The number of hydrogen-bond acceptors (Lipinski definition) is 3. The first kappa shape index (κ1) is 14.2. The van der Waals surface area contributed by atoms with Crippen molar-refractivity contribution in [2.24, 2.45) is 11.5 Å². The van der Waals surface area contributed by atoms with Crippen LogP contribution in [0.5, 0.6) is 0 Å². The van der Waals surface area contributed by atoms with Crippen molar-refractivity contribution in [2.75, 3.05) is 26.2 Å². The molecule has 0 fully saturated rings. The lowest BCUT2D eigenvalue weighted by atomic mass is 10.4. The summed E-state index contributed by atoms with van der Waals surface area (Å²) in [6, 6.07) is -0.414. The van der Waals surface area contributed by atoms with Crippen LogP contribution in [0.1, 0.15) is 13.8 Å². The lowest BCUT2D eigenvalue weighted by Crippen LogP contribution is -2.49. The van der Waals surface area contributed by atoms with Crippen LogP contribution < -0.4 is 11.5 Å². The van der Waals surface area contributed by atoms with Crippen molar-refractivity contribution >= 4 is 17.8 Å². The molecule has 0 aliphatic rings. The average Bonchev–Trinajstić information content (AvgIpc) is 2.17. The van der Waals surface area contributed by atoms with E-state index in [1.165, 1.54) is 4.90 Å². The Morgan fingerprint density at radius 2 is 1.25 bits per heavy atom. The predicted octanol–water partition coefficient (Wildman–Crippen LogP) is -1.28. The first-order valence-corrected chi connectivity index (χ1v) is 5.02. The molecule has 4 amide bonds. The van der Waals surface area contributed by atoms with Gasteiger partial charge in [-0.25, -0.2) is 4.79 Å². The normalized spacial score (nSPS) is 9.62. The molecule has 7 heteroatoms. The molecule has 0 aromatic carbocycles. The highest BCUT2D eigenvalue weighted by Gasteiger charge is 2.21. The number of hydrogen-bond donors (Lipinski definition) is 2. The molecule has 7 nitrogen and oxygen atoms in total. The highest BCUT2D eigenvalue weighted by molar-refractivity contribution is 5.87. The van der Waals surface area contributed by atoms with Gasteiger partial charge in [-0.15, -0.1) is 0 Å². The molecule has 0 aliphatic carbocycles. The van der Waals surface area contributed by atoms with Gasteiger partial charge < -0.3 is 21.3 Å². The van der Waals surface area contributed by atoms with Crippen molar-refractivity contribution in [3.05, 3.63) is 0 Å². The third-order valence-corrected chi connectivity index (χ3v) is 2.00. The summed E-state index contributed by atoms with van der Waals surface area (Å²) in [6.45, 7) is 3.96. The maximum Gasteiger partial charge on any atom is 0.320 e. The highest BCUT2D eigenvalue weighted by Crippen LogP contribution is 1.98. The summed E-state index contributed by atoms with van der Waals surface area (Å²) in [7, 11) is 0. The summed E-state index contributed by atoms with van der Waals surface area (Å²) in [5.74, 6) is -1.36. The average molecular weight is 230 g/mol. The monoisotopic (exact) mass is 230 g/mol. The topological polar surface area (TPSA) is 110 Å². The van der Waals surface area contributed by atoms with Crippen LogP contribution in [-0.2, 0) is 9.59 Å². The highest BCUT2D eigenvalue weighted by atomic mass is 16.2. The van der Waals surface area contributed by atoms with Gasteiger partial charge in [0.05, 0.1) is 0 Å². The third kappa shape index (κ3) is 4.63. The Balaban J connectivity index is 4.66. The van der Waals surface area contributed by atoms with Crippen molar-refractivity contribution in [1.29, 1.82) is 0 Å². The number of amides is 4. The fourth-order valence-electron chi connectivity index (χ4n) is 1.26. The van der Waals surface area contributed by atoms with Crippen LogP contribution in [0.2, 0.25) is 0 Å². The van der Waals surface area contributed by atoms with Crippen molar-refractivity contribution in [2.45, 2.75) is 13.8 Å². The molecule has 0 aliphatic heterocycles. The summed E-state index contributed by atoms with van der Waals surface area (Å²) >= 11 is 0. The number of carbonyl (C=O) groups is 3. The summed E-state index contributed by atoms with van der Waals surface area (Å²) in [5.41, 5.74) is 9.97. The van der Waals surface area contributed by atoms with Gasteiger partial charge in [-0.05, 0) is 13.8 Å². The molecule has 0 bridgehead atoms. The minimum Gasteiger partial charge on any atom is -0.368 e. The smallest absolute Gasteiger partial charge is 0.320 e. The number of rotatable bonds is 6. The Kier molecular flexibility index (Phi) is 5.91. The zero-order valence-electron chi connectivity index (χ0n) is 9.60. The molecule has 0 saturated heterocycles. The van der Waals surface area contributed by atoms with E-state index in [-0.39, 0.29) is 13.1 Å². The van der Waals surface area contributed by atoms with E-state index in [0.29, 0.717) is 13.1 Å². The van der Waals surface area contributed by atoms with Gasteiger partial charge in [0.2, 0.25) is 11.8 Å². The Bertz CT molecular complexity index is 260. The van der Waals surface area contributed by atoms with Gasteiger partial charge in [-0.3, -0.25) is 9.59 Å². The van der Waals surface area contributed by atoms with E-state index in [1.54, 1.807) is 13.8 Å². The molecule has 92 valence electrons. The van der Waals surface area contributed by atoms with E-state index in [0.717, 1.165) is 4.90 Å². The zero-order chi connectivity index (χ0) is 12.7. The quantitative estimate of drug-likeness (QED) is 0.593. The molecule has 0 rings (SSSR count). The van der Waals surface area contributed by atoms with Gasteiger partial charge in [0.25, 0.3) is 0 Å². The summed E-state index contributed by atoms with van der Waals surface area (Å²) in [6.07, 6.45) is 0. The van der Waals surface area contributed by atoms with E-state index in [1.807, 2.05) is 0 Å². The molecule has 0 aromatic heterocycles. The second kappa shape index (κ2) is 6.65. The maximum absolute atomic E-state index is 11.8.